The third-order valence-corrected chi connectivity index (χ3v) is 12.1. The van der Waals surface area contributed by atoms with Gasteiger partial charge in [0.25, 0.3) is 5.91 Å². The van der Waals surface area contributed by atoms with E-state index in [2.05, 4.69) is 26.1 Å². The van der Waals surface area contributed by atoms with Crippen molar-refractivity contribution >= 4 is 61.3 Å². The average molecular weight is 719 g/mol. The Kier molecular flexibility index (Phi) is 7.35. The third-order valence-electron chi connectivity index (χ3n) is 9.75. The number of fused-ring (bicyclic) bond motifs is 1. The minimum Gasteiger partial charge on any atom is -0.371 e. The number of carbonyl (C=O) groups is 1. The maximum absolute atomic E-state index is 14.3. The molecule has 1 spiro atoms. The predicted octanol–water partition coefficient (Wildman–Crippen LogP) is 7.78. The van der Waals surface area contributed by atoms with Crippen LogP contribution in [0, 0.1) is 5.41 Å². The summed E-state index contributed by atoms with van der Waals surface area (Å²) in [6, 6.07) is 5.20. The zero-order valence-electron chi connectivity index (χ0n) is 25.3. The lowest BCUT2D eigenvalue weighted by molar-refractivity contribution is -0.136. The quantitative estimate of drug-likeness (QED) is 0.206. The zero-order valence-corrected chi connectivity index (χ0v) is 27.6. The van der Waals surface area contributed by atoms with Crippen LogP contribution in [0.1, 0.15) is 78.2 Å². The molecule has 4 aliphatic rings. The summed E-state index contributed by atoms with van der Waals surface area (Å²) >= 11 is 13.0. The van der Waals surface area contributed by atoms with Gasteiger partial charge in [-0.3, -0.25) is 9.78 Å². The molecule has 1 amide bonds. The minimum absolute atomic E-state index is 0.0482. The molecule has 1 aromatic carbocycles. The van der Waals surface area contributed by atoms with Crippen molar-refractivity contribution in [1.82, 2.24) is 19.8 Å². The number of allylic oxidation sites excluding steroid dienone is 2. The summed E-state index contributed by atoms with van der Waals surface area (Å²) in [7, 11) is -3.95. The van der Waals surface area contributed by atoms with E-state index >= 15 is 0 Å². The molecule has 2 saturated carbocycles. The lowest BCUT2D eigenvalue weighted by Gasteiger charge is -2.47. The normalized spacial score (nSPS) is 19.4. The highest BCUT2D eigenvalue weighted by molar-refractivity contribution is 7.91. The van der Waals surface area contributed by atoms with E-state index in [0.29, 0.717) is 64.9 Å². The molecule has 1 aliphatic heterocycles. The van der Waals surface area contributed by atoms with Gasteiger partial charge in [0.1, 0.15) is 17.1 Å². The van der Waals surface area contributed by atoms with Gasteiger partial charge in [0, 0.05) is 53.6 Å². The van der Waals surface area contributed by atoms with Gasteiger partial charge in [-0.1, -0.05) is 34.4 Å². The molecular formula is C33H28Cl2F3N5O4S. The van der Waals surface area contributed by atoms with Crippen molar-refractivity contribution in [2.75, 3.05) is 18.0 Å². The van der Waals surface area contributed by atoms with Crippen molar-refractivity contribution in [3.8, 4) is 11.3 Å². The molecule has 15 heteroatoms. The molecule has 3 aromatic heterocycles. The van der Waals surface area contributed by atoms with Crippen LogP contribution in [-0.4, -0.2) is 47.8 Å². The molecule has 4 heterocycles. The fourth-order valence-corrected chi connectivity index (χ4v) is 8.69. The minimum atomic E-state index is -4.80. The molecule has 8 rings (SSSR count). The van der Waals surface area contributed by atoms with Gasteiger partial charge >= 0.3 is 6.18 Å². The highest BCUT2D eigenvalue weighted by Crippen LogP contribution is 2.56. The molecule has 1 N–H and O–H groups in total. The average Bonchev–Trinajstić information content (AvgIpc) is 3.96. The maximum Gasteiger partial charge on any atom is 0.417 e. The second-order valence-corrected chi connectivity index (χ2v) is 15.9. The van der Waals surface area contributed by atoms with Crippen molar-refractivity contribution in [3.63, 3.8) is 0 Å². The summed E-state index contributed by atoms with van der Waals surface area (Å²) in [6.45, 7) is 1.25. The zero-order chi connectivity index (χ0) is 33.6. The van der Waals surface area contributed by atoms with Crippen LogP contribution in [0.5, 0.6) is 0 Å². The van der Waals surface area contributed by atoms with E-state index < -0.39 is 38.6 Å². The van der Waals surface area contributed by atoms with Crippen LogP contribution in [0.15, 0.2) is 47.3 Å². The van der Waals surface area contributed by atoms with Crippen LogP contribution in [0.2, 0.25) is 10.0 Å². The number of hydrogen-bond acceptors (Lipinski definition) is 8. The van der Waals surface area contributed by atoms with Crippen molar-refractivity contribution in [2.24, 2.45) is 5.41 Å². The lowest BCUT2D eigenvalue weighted by atomic mass is 9.63. The Balaban J connectivity index is 1.04. The molecule has 0 bridgehead atoms. The Labute approximate surface area is 283 Å². The molecule has 48 heavy (non-hydrogen) atoms. The van der Waals surface area contributed by atoms with Gasteiger partial charge in [-0.15, -0.1) is 0 Å². The summed E-state index contributed by atoms with van der Waals surface area (Å²) < 4.78 is 74.9. The Hall–Kier alpha value is -3.68. The molecule has 3 fully saturated rings. The number of piperidine rings is 1. The number of carbonyl (C=O) groups excluding carboxylic acids is 1. The number of amides is 1. The van der Waals surface area contributed by atoms with E-state index in [0.717, 1.165) is 49.0 Å². The van der Waals surface area contributed by atoms with Crippen LogP contribution in [0.25, 0.3) is 27.7 Å². The molecule has 4 aromatic rings. The van der Waals surface area contributed by atoms with E-state index in [1.165, 1.54) is 24.5 Å². The number of pyridine rings is 2. The Morgan fingerprint density at radius 1 is 1.02 bits per heavy atom. The van der Waals surface area contributed by atoms with Crippen LogP contribution >= 0.6 is 23.2 Å². The van der Waals surface area contributed by atoms with Gasteiger partial charge in [0.05, 0.1) is 26.4 Å². The summed E-state index contributed by atoms with van der Waals surface area (Å²) in [5.74, 6) is -0.0183. The van der Waals surface area contributed by atoms with Crippen molar-refractivity contribution < 1.29 is 30.9 Å². The van der Waals surface area contributed by atoms with Crippen molar-refractivity contribution in [3.05, 3.63) is 75.4 Å². The van der Waals surface area contributed by atoms with E-state index in [-0.39, 0.29) is 16.3 Å². The highest BCUT2D eigenvalue weighted by Gasteiger charge is 2.44. The second-order valence-electron chi connectivity index (χ2n) is 13.1. The molecule has 9 nitrogen and oxygen atoms in total. The summed E-state index contributed by atoms with van der Waals surface area (Å²) in [5, 5.41) is 4.31. The molecule has 1 saturated heterocycles. The van der Waals surface area contributed by atoms with Crippen LogP contribution in [0.3, 0.4) is 0 Å². The van der Waals surface area contributed by atoms with Crippen LogP contribution < -0.4 is 9.62 Å². The van der Waals surface area contributed by atoms with E-state index in [1.807, 2.05) is 4.72 Å². The summed E-state index contributed by atoms with van der Waals surface area (Å²) in [5.41, 5.74) is 2.13. The van der Waals surface area contributed by atoms with Crippen LogP contribution in [0.4, 0.5) is 18.9 Å². The number of alkyl halides is 3. The van der Waals surface area contributed by atoms with Gasteiger partial charge in [-0.2, -0.15) is 13.2 Å². The summed E-state index contributed by atoms with van der Waals surface area (Å²) in [6.07, 6.45) is 5.80. The largest absolute Gasteiger partial charge is 0.417 e. The third kappa shape index (κ3) is 5.63. The first-order valence-corrected chi connectivity index (χ1v) is 18.0. The van der Waals surface area contributed by atoms with Gasteiger partial charge in [0.15, 0.2) is 0 Å². The van der Waals surface area contributed by atoms with Gasteiger partial charge in [0.2, 0.25) is 10.0 Å². The van der Waals surface area contributed by atoms with Crippen molar-refractivity contribution in [1.29, 1.82) is 0 Å². The standard InChI is InChI=1S/C33H28Cl2F3N5O4S/c34-23-15-39-16-24(35)28(23)29-27(30(47-41-29)17-1-2-17)18-13-32(14-18)7-9-43(10-8-32)19-3-6-25-21(11-19)22(33(36,37)38)12-26(40-25)31(44)42-48(45,46)20-4-5-20/h3,6,11-13,15-17,20H,1-2,4-5,7-10,14H2,(H,42,44). The monoisotopic (exact) mass is 717 g/mol. The fraction of sp³-hybridized carbons (Fsp3) is 0.394. The van der Waals surface area contributed by atoms with Gasteiger partial charge < -0.3 is 9.42 Å². The molecule has 0 atom stereocenters. The first-order valence-electron chi connectivity index (χ1n) is 15.7. The molecule has 0 radical (unpaired) electrons. The smallest absolute Gasteiger partial charge is 0.371 e. The van der Waals surface area contributed by atoms with Crippen molar-refractivity contribution in [2.45, 2.75) is 62.3 Å². The Morgan fingerprint density at radius 3 is 2.33 bits per heavy atom. The number of sulfonamides is 1. The second kappa shape index (κ2) is 11.2. The molecule has 250 valence electrons. The number of benzene rings is 1. The number of halogens is 5. The van der Waals surface area contributed by atoms with E-state index in [4.69, 9.17) is 27.7 Å². The van der Waals surface area contributed by atoms with E-state index in [1.54, 1.807) is 6.07 Å². The topological polar surface area (TPSA) is 118 Å². The fourth-order valence-electron chi connectivity index (χ4n) is 6.86. The van der Waals surface area contributed by atoms with Crippen LogP contribution in [-0.2, 0) is 16.2 Å². The maximum atomic E-state index is 14.3. The SMILES string of the molecule is O=C(NS(=O)(=O)C1CC1)c1cc(C(F)(F)F)c2cc(N3CCC4(C=C(c5c(-c6c(Cl)cncc6Cl)noc5C5CC5)C4)CC3)ccc2n1. The number of anilines is 1. The molecule has 3 aliphatic carbocycles. The number of nitrogens with zero attached hydrogens (tertiary/aromatic N) is 4. The van der Waals surface area contributed by atoms with E-state index in [9.17, 15) is 26.4 Å². The number of hydrogen-bond donors (Lipinski definition) is 1. The number of aromatic nitrogens is 3. The lowest BCUT2D eigenvalue weighted by Crippen LogP contribution is -2.42. The number of rotatable bonds is 7. The number of nitrogens with one attached hydrogen (secondary N) is 1. The molecule has 0 unspecified atom stereocenters. The highest BCUT2D eigenvalue weighted by atomic mass is 35.5. The summed E-state index contributed by atoms with van der Waals surface area (Å²) in [4.78, 5) is 22.9. The first kappa shape index (κ1) is 31.6. The van der Waals surface area contributed by atoms with Gasteiger partial charge in [-0.05, 0) is 80.2 Å². The van der Waals surface area contributed by atoms with Gasteiger partial charge in [-0.25, -0.2) is 18.1 Å². The molecular weight excluding hydrogens is 690 g/mol. The Bertz CT molecular complexity index is 2120. The Morgan fingerprint density at radius 2 is 1.71 bits per heavy atom. The first-order chi connectivity index (χ1) is 22.8. The predicted molar refractivity (Wildman–Crippen MR) is 174 cm³/mol.